The Kier molecular flexibility index (Phi) is 6.48. The van der Waals surface area contributed by atoms with Gasteiger partial charge in [0.15, 0.2) is 0 Å². The van der Waals surface area contributed by atoms with Gasteiger partial charge in [0.2, 0.25) is 5.62 Å². The van der Waals surface area contributed by atoms with E-state index in [1.807, 2.05) is 22.8 Å². The monoisotopic (exact) mass is 483 g/mol. The van der Waals surface area contributed by atoms with Gasteiger partial charge in [0.25, 0.3) is 18.2 Å². The standard InChI is InChI=1S/C25H27F2N5O3/c1-30-9-7-18(8-10-30)32-21-6-5-19(31-11-12-35-15-22(31)33)14-20(21)28-25(32)29-24(34)17-4-2-3-16(13-17)23(26)27/h2-6,13-14,18,23H,7-12,15H2,1H3,(H,28,29,34). The number of nitrogens with one attached hydrogen (secondary N) is 1. The summed E-state index contributed by atoms with van der Waals surface area (Å²) >= 11 is 0. The number of anilines is 1. The van der Waals surface area contributed by atoms with Crippen molar-refractivity contribution in [1.29, 1.82) is 0 Å². The molecule has 2 saturated heterocycles. The topological polar surface area (TPSA) is 82.9 Å². The maximum atomic E-state index is 13.1. The highest BCUT2D eigenvalue weighted by atomic mass is 19.3. The number of likely N-dealkylation sites (tertiary alicyclic amines) is 1. The van der Waals surface area contributed by atoms with Crippen LogP contribution in [0.2, 0.25) is 0 Å². The van der Waals surface area contributed by atoms with Crippen molar-refractivity contribution < 1.29 is 23.1 Å². The summed E-state index contributed by atoms with van der Waals surface area (Å²) in [5.41, 5.74) is 2.62. The number of aromatic amines is 1. The molecule has 3 heterocycles. The lowest BCUT2D eigenvalue weighted by Crippen LogP contribution is -2.41. The number of hydrogen-bond donors (Lipinski definition) is 1. The minimum Gasteiger partial charge on any atom is -0.370 e. The lowest BCUT2D eigenvalue weighted by atomic mass is 10.1. The van der Waals surface area contributed by atoms with E-state index < -0.39 is 12.3 Å². The molecule has 2 aromatic carbocycles. The van der Waals surface area contributed by atoms with E-state index >= 15 is 0 Å². The van der Waals surface area contributed by atoms with E-state index in [1.165, 1.54) is 24.3 Å². The van der Waals surface area contributed by atoms with Crippen LogP contribution in [0.15, 0.2) is 47.5 Å². The Balaban J connectivity index is 1.59. The van der Waals surface area contributed by atoms with Gasteiger partial charge in [-0.3, -0.25) is 9.59 Å². The third-order valence-corrected chi connectivity index (χ3v) is 6.66. The highest BCUT2D eigenvalue weighted by molar-refractivity contribution is 5.97. The van der Waals surface area contributed by atoms with Gasteiger partial charge in [-0.2, -0.15) is 4.99 Å². The molecular weight excluding hydrogens is 456 g/mol. The summed E-state index contributed by atoms with van der Waals surface area (Å²) in [6.45, 7) is 2.81. The first-order valence-electron chi connectivity index (χ1n) is 11.7. The van der Waals surface area contributed by atoms with Crippen molar-refractivity contribution in [2.45, 2.75) is 25.3 Å². The molecule has 8 nitrogen and oxygen atoms in total. The Hall–Kier alpha value is -3.37. The average Bonchev–Trinajstić information content (AvgIpc) is 3.21. The number of imidazole rings is 1. The highest BCUT2D eigenvalue weighted by Crippen LogP contribution is 2.27. The number of alkyl halides is 2. The van der Waals surface area contributed by atoms with Crippen LogP contribution in [0.3, 0.4) is 0 Å². The Labute approximate surface area is 200 Å². The quantitative estimate of drug-likeness (QED) is 0.618. The van der Waals surface area contributed by atoms with Crippen molar-refractivity contribution >= 4 is 28.5 Å². The first kappa shape index (κ1) is 23.4. The van der Waals surface area contributed by atoms with Gasteiger partial charge in [0, 0.05) is 29.4 Å². The normalized spacial score (nSPS) is 18.7. The van der Waals surface area contributed by atoms with Crippen LogP contribution in [0.5, 0.6) is 0 Å². The molecule has 0 bridgehead atoms. The Bertz CT molecular complexity index is 1320. The summed E-state index contributed by atoms with van der Waals surface area (Å²) in [7, 11) is 2.08. The van der Waals surface area contributed by atoms with E-state index in [-0.39, 0.29) is 29.7 Å². The van der Waals surface area contributed by atoms with E-state index in [4.69, 9.17) is 4.74 Å². The van der Waals surface area contributed by atoms with Crippen LogP contribution in [0.25, 0.3) is 11.0 Å². The van der Waals surface area contributed by atoms with Crippen LogP contribution in [-0.4, -0.2) is 66.2 Å². The lowest BCUT2D eigenvalue weighted by Gasteiger charge is -2.30. The molecule has 184 valence electrons. The van der Waals surface area contributed by atoms with E-state index in [1.54, 1.807) is 4.90 Å². The summed E-state index contributed by atoms with van der Waals surface area (Å²) < 4.78 is 33.5. The number of H-pyrrole nitrogens is 1. The second kappa shape index (κ2) is 9.71. The van der Waals surface area contributed by atoms with Gasteiger partial charge in [-0.15, -0.1) is 0 Å². The summed E-state index contributed by atoms with van der Waals surface area (Å²) in [5.74, 6) is -0.700. The molecule has 0 spiro atoms. The molecule has 2 fully saturated rings. The molecule has 5 rings (SSSR count). The Morgan fingerprint density at radius 1 is 1.14 bits per heavy atom. The predicted molar refractivity (Wildman–Crippen MR) is 127 cm³/mol. The van der Waals surface area contributed by atoms with Crippen molar-refractivity contribution in [2.75, 3.05) is 44.8 Å². The van der Waals surface area contributed by atoms with E-state index in [0.29, 0.717) is 18.8 Å². The number of benzene rings is 2. The molecule has 2 amide bonds. The largest absolute Gasteiger partial charge is 0.370 e. The molecule has 2 aliphatic rings. The molecule has 0 unspecified atom stereocenters. The molecule has 0 saturated carbocycles. The molecule has 1 N–H and O–H groups in total. The van der Waals surface area contributed by atoms with Gasteiger partial charge in [-0.25, -0.2) is 8.78 Å². The van der Waals surface area contributed by atoms with E-state index in [0.717, 1.165) is 42.7 Å². The average molecular weight is 484 g/mol. The molecule has 0 aliphatic carbocycles. The number of amides is 2. The van der Waals surface area contributed by atoms with Gasteiger partial charge >= 0.3 is 0 Å². The summed E-state index contributed by atoms with van der Waals surface area (Å²) in [4.78, 5) is 36.8. The maximum Gasteiger partial charge on any atom is 0.280 e. The number of ether oxygens (including phenoxy) is 1. The van der Waals surface area contributed by atoms with Crippen LogP contribution in [0, 0.1) is 0 Å². The number of piperidine rings is 1. The Morgan fingerprint density at radius 3 is 2.69 bits per heavy atom. The number of halogens is 2. The number of nitrogens with zero attached hydrogens (tertiary/aromatic N) is 4. The predicted octanol–water partition coefficient (Wildman–Crippen LogP) is 3.28. The van der Waals surface area contributed by atoms with Gasteiger partial charge in [0.1, 0.15) is 6.61 Å². The number of carbonyl (C=O) groups is 2. The van der Waals surface area contributed by atoms with E-state index in [9.17, 15) is 18.4 Å². The second-order valence-corrected chi connectivity index (χ2v) is 9.00. The zero-order valence-corrected chi connectivity index (χ0v) is 19.4. The number of rotatable bonds is 4. The molecule has 35 heavy (non-hydrogen) atoms. The minimum absolute atomic E-state index is 0.0467. The molecule has 0 atom stereocenters. The van der Waals surface area contributed by atoms with Crippen molar-refractivity contribution in [3.05, 3.63) is 59.2 Å². The van der Waals surface area contributed by atoms with Gasteiger partial charge in [-0.1, -0.05) is 12.1 Å². The van der Waals surface area contributed by atoms with Crippen molar-refractivity contribution in [1.82, 2.24) is 14.5 Å². The third-order valence-electron chi connectivity index (χ3n) is 6.66. The number of fused-ring (bicyclic) bond motifs is 1. The fourth-order valence-electron chi connectivity index (χ4n) is 4.76. The number of aromatic nitrogens is 2. The van der Waals surface area contributed by atoms with Crippen molar-refractivity contribution in [2.24, 2.45) is 4.99 Å². The minimum atomic E-state index is -2.67. The summed E-state index contributed by atoms with van der Waals surface area (Å²) in [5, 5.41) is 0. The van der Waals surface area contributed by atoms with E-state index in [2.05, 4.69) is 21.9 Å². The van der Waals surface area contributed by atoms with Crippen molar-refractivity contribution in [3.8, 4) is 0 Å². The molecule has 0 radical (unpaired) electrons. The number of carbonyl (C=O) groups excluding carboxylic acids is 2. The van der Waals surface area contributed by atoms with Crippen LogP contribution < -0.4 is 10.5 Å². The fraction of sp³-hybridized carbons (Fsp3) is 0.400. The SMILES string of the molecule is CN1CCC(n2/c(=N/C(=O)c3cccc(C(F)F)c3)[nH]c3cc(N4CCOCC4=O)ccc32)CC1. The molecular formula is C25H27F2N5O3. The zero-order valence-electron chi connectivity index (χ0n) is 19.4. The molecule has 1 aromatic heterocycles. The molecule has 2 aliphatic heterocycles. The summed E-state index contributed by atoms with van der Waals surface area (Å²) in [6, 6.07) is 11.2. The number of hydrogen-bond acceptors (Lipinski definition) is 4. The highest BCUT2D eigenvalue weighted by Gasteiger charge is 2.24. The Morgan fingerprint density at radius 2 is 1.94 bits per heavy atom. The van der Waals surface area contributed by atoms with Gasteiger partial charge in [0.05, 0.1) is 17.6 Å². The molecule has 10 heteroatoms. The number of morpholine rings is 1. The van der Waals surface area contributed by atoms with Crippen LogP contribution >= 0.6 is 0 Å². The molecule has 3 aromatic rings. The maximum absolute atomic E-state index is 13.1. The fourth-order valence-corrected chi connectivity index (χ4v) is 4.76. The van der Waals surface area contributed by atoms with Crippen LogP contribution in [0.4, 0.5) is 14.5 Å². The van der Waals surface area contributed by atoms with Crippen molar-refractivity contribution in [3.63, 3.8) is 0 Å². The second-order valence-electron chi connectivity index (χ2n) is 9.00. The third kappa shape index (κ3) is 4.76. The zero-order chi connectivity index (χ0) is 24.5. The lowest BCUT2D eigenvalue weighted by molar-refractivity contribution is -0.125. The van der Waals surface area contributed by atoms with Crippen LogP contribution in [-0.2, 0) is 9.53 Å². The first-order valence-corrected chi connectivity index (χ1v) is 11.7. The summed E-state index contributed by atoms with van der Waals surface area (Å²) in [6.07, 6.45) is -0.897. The van der Waals surface area contributed by atoms with Gasteiger partial charge < -0.3 is 24.1 Å². The van der Waals surface area contributed by atoms with Gasteiger partial charge in [-0.05, 0) is 63.3 Å². The van der Waals surface area contributed by atoms with Crippen LogP contribution in [0.1, 0.15) is 41.2 Å². The smallest absolute Gasteiger partial charge is 0.280 e. The first-order chi connectivity index (χ1) is 16.9.